The molecule has 7 aromatic rings. The number of benzene rings is 5. The van der Waals surface area contributed by atoms with E-state index in [1.54, 1.807) is 6.08 Å². The van der Waals surface area contributed by atoms with Crippen LogP contribution in [0.3, 0.4) is 0 Å². The van der Waals surface area contributed by atoms with Gasteiger partial charge in [-0.1, -0.05) is 184 Å². The molecule has 0 aliphatic heterocycles. The smallest absolute Gasteiger partial charge is 0.137 e. The molecule has 0 fully saturated rings. The first-order valence-electron chi connectivity index (χ1n) is 21.1. The Kier molecular flexibility index (Phi) is 13.7. The number of anilines is 1. The Labute approximate surface area is 361 Å². The highest BCUT2D eigenvalue weighted by Crippen LogP contribution is 2.42. The van der Waals surface area contributed by atoms with E-state index in [2.05, 4.69) is 220 Å². The Morgan fingerprint density at radius 3 is 2.31 bits per heavy atom. The zero-order valence-corrected chi connectivity index (χ0v) is 35.6. The number of aryl methyl sites for hydroxylation is 1. The van der Waals surface area contributed by atoms with Crippen molar-refractivity contribution in [2.45, 2.75) is 33.6 Å². The molecule has 3 heteroatoms. The van der Waals surface area contributed by atoms with Gasteiger partial charge in [0.2, 0.25) is 0 Å². The maximum atomic E-state index is 6.37. The van der Waals surface area contributed by atoms with Crippen LogP contribution in [-0.4, -0.2) is 11.1 Å². The average Bonchev–Trinajstić information content (AvgIpc) is 3.81. The fourth-order valence-corrected chi connectivity index (χ4v) is 7.94. The molecule has 0 unspecified atom stereocenters. The molecule has 0 atom stereocenters. The molecule has 302 valence electrons. The minimum Gasteiger partial charge on any atom is -0.456 e. The predicted octanol–water partition coefficient (Wildman–Crippen LogP) is 16.3. The van der Waals surface area contributed by atoms with Gasteiger partial charge in [-0.3, -0.25) is 0 Å². The van der Waals surface area contributed by atoms with Crippen LogP contribution in [-0.2, 0) is 0 Å². The number of furan rings is 1. The average molecular weight is 795 g/mol. The summed E-state index contributed by atoms with van der Waals surface area (Å²) in [4.78, 5) is 2.37. The first kappa shape index (κ1) is 41.8. The number of para-hydroxylation sites is 1. The fourth-order valence-electron chi connectivity index (χ4n) is 7.94. The maximum Gasteiger partial charge on any atom is 0.137 e. The minimum atomic E-state index is 0.643. The zero-order chi connectivity index (χ0) is 42.6. The third kappa shape index (κ3) is 9.28. The van der Waals surface area contributed by atoms with Gasteiger partial charge in [-0.2, -0.15) is 0 Å². The number of hydrogen-bond donors (Lipinski definition) is 0. The van der Waals surface area contributed by atoms with Crippen molar-refractivity contribution in [3.05, 3.63) is 242 Å². The van der Waals surface area contributed by atoms with Crippen molar-refractivity contribution >= 4 is 50.1 Å². The van der Waals surface area contributed by atoms with Crippen LogP contribution in [0.5, 0.6) is 0 Å². The van der Waals surface area contributed by atoms with Gasteiger partial charge in [-0.15, -0.1) is 0 Å². The standard InChI is InChI=1S/C58H54N2O/c1-7-11-13-14-16-26-43(5)39-40-48(10-4)59(41-24-30-45(25-9-3)46-27-17-15-18-28-46)49-31-21-29-47(42-49)50-33-22-35-54-58(50)51-32-19-20-34-52(51)60(54)53-36-23-38-56-57(53)44(6)55(61-56)37-12-8-2/h8-25,27-40,42H,2-3,5,7,26,41H2,1,4,6H3/b13-11-,16-14-,30-24-,37-12-,40-39-,45-25+,48-10+. The van der Waals surface area contributed by atoms with E-state index in [1.165, 1.54) is 16.3 Å². The summed E-state index contributed by atoms with van der Waals surface area (Å²) in [7, 11) is 0. The molecule has 61 heavy (non-hydrogen) atoms. The third-order valence-electron chi connectivity index (χ3n) is 10.8. The summed E-state index contributed by atoms with van der Waals surface area (Å²) in [6, 6.07) is 41.1. The Morgan fingerprint density at radius 1 is 0.738 bits per heavy atom. The van der Waals surface area contributed by atoms with E-state index in [-0.39, 0.29) is 0 Å². The van der Waals surface area contributed by atoms with Crippen molar-refractivity contribution in [2.75, 3.05) is 11.4 Å². The topological polar surface area (TPSA) is 21.3 Å². The highest BCUT2D eigenvalue weighted by Gasteiger charge is 2.20. The van der Waals surface area contributed by atoms with Crippen LogP contribution >= 0.6 is 0 Å². The molecular weight excluding hydrogens is 741 g/mol. The monoisotopic (exact) mass is 794 g/mol. The van der Waals surface area contributed by atoms with Crippen LogP contribution < -0.4 is 4.90 Å². The van der Waals surface area contributed by atoms with Crippen LogP contribution in [0, 0.1) is 6.92 Å². The normalized spacial score (nSPS) is 12.8. The van der Waals surface area contributed by atoms with Crippen LogP contribution in [0.25, 0.3) is 61.2 Å². The second-order valence-electron chi connectivity index (χ2n) is 14.8. The number of aromatic nitrogens is 1. The molecule has 5 aromatic carbocycles. The van der Waals surface area contributed by atoms with Crippen molar-refractivity contribution < 1.29 is 4.42 Å². The van der Waals surface area contributed by atoms with Gasteiger partial charge < -0.3 is 13.9 Å². The van der Waals surface area contributed by atoms with Crippen LogP contribution in [0.2, 0.25) is 0 Å². The van der Waals surface area contributed by atoms with Gasteiger partial charge in [-0.25, -0.2) is 0 Å². The van der Waals surface area contributed by atoms with Crippen molar-refractivity contribution in [3.63, 3.8) is 0 Å². The van der Waals surface area contributed by atoms with E-state index in [0.29, 0.717) is 6.54 Å². The number of hydrogen-bond acceptors (Lipinski definition) is 2. The van der Waals surface area contributed by atoms with Crippen molar-refractivity contribution in [1.82, 2.24) is 4.57 Å². The summed E-state index contributed by atoms with van der Waals surface area (Å²) in [5.41, 5.74) is 13.1. The molecule has 0 aliphatic rings. The third-order valence-corrected chi connectivity index (χ3v) is 10.8. The van der Waals surface area contributed by atoms with Gasteiger partial charge in [0.15, 0.2) is 0 Å². The van der Waals surface area contributed by atoms with Crippen molar-refractivity contribution in [2.24, 2.45) is 0 Å². The first-order chi connectivity index (χ1) is 30.0. The Hall–Kier alpha value is -7.36. The molecule has 0 saturated heterocycles. The van der Waals surface area contributed by atoms with E-state index >= 15 is 0 Å². The van der Waals surface area contributed by atoms with Crippen LogP contribution in [0.4, 0.5) is 5.69 Å². The first-order valence-corrected chi connectivity index (χ1v) is 21.1. The molecule has 0 spiro atoms. The summed E-state index contributed by atoms with van der Waals surface area (Å²) >= 11 is 0. The van der Waals surface area contributed by atoms with Gasteiger partial charge >= 0.3 is 0 Å². The lowest BCUT2D eigenvalue weighted by molar-refractivity contribution is 0.601. The molecule has 3 nitrogen and oxygen atoms in total. The van der Waals surface area contributed by atoms with Gasteiger partial charge in [0.25, 0.3) is 0 Å². The molecular formula is C58H54N2O. The van der Waals surface area contributed by atoms with E-state index in [1.807, 2.05) is 24.3 Å². The van der Waals surface area contributed by atoms with E-state index in [9.17, 15) is 0 Å². The number of rotatable bonds is 17. The Morgan fingerprint density at radius 2 is 1.51 bits per heavy atom. The lowest BCUT2D eigenvalue weighted by Gasteiger charge is -2.25. The Balaban J connectivity index is 1.33. The summed E-state index contributed by atoms with van der Waals surface area (Å²) in [6.45, 7) is 19.2. The predicted molar refractivity (Wildman–Crippen MR) is 266 cm³/mol. The number of nitrogens with zero attached hydrogens (tertiary/aromatic N) is 2. The molecule has 0 N–H and O–H groups in total. The molecule has 0 amide bonds. The summed E-state index contributed by atoms with van der Waals surface area (Å²) in [5.74, 6) is 0.837. The van der Waals surface area contributed by atoms with Crippen molar-refractivity contribution in [3.8, 4) is 16.8 Å². The molecule has 2 heterocycles. The van der Waals surface area contributed by atoms with Crippen molar-refractivity contribution in [1.29, 1.82) is 0 Å². The SMILES string of the molecule is C=C/C=C\c1oc2cccc(-n3c4ccccc4c4c(-c5cccc(N(C/C=C\C(=C/C=C)c6ccccc6)C(/C=C\C(=C)C/C=C\C=C/CC)=C/C)c5)cccc43)c2c1C. The second kappa shape index (κ2) is 20.1. The molecule has 0 aliphatic carbocycles. The lowest BCUT2D eigenvalue weighted by Crippen LogP contribution is -2.21. The van der Waals surface area contributed by atoms with Gasteiger partial charge in [0.05, 0.1) is 16.7 Å². The molecule has 0 saturated carbocycles. The summed E-state index contributed by atoms with van der Waals surface area (Å²) in [6.07, 6.45) is 30.8. The van der Waals surface area contributed by atoms with Gasteiger partial charge in [-0.05, 0) is 97.5 Å². The van der Waals surface area contributed by atoms with Crippen LogP contribution in [0.1, 0.15) is 43.6 Å². The fraction of sp³-hybridized carbons (Fsp3) is 0.103. The molecule has 2 aromatic heterocycles. The summed E-state index contributed by atoms with van der Waals surface area (Å²) < 4.78 is 8.77. The van der Waals surface area contributed by atoms with Gasteiger partial charge in [0.1, 0.15) is 11.3 Å². The lowest BCUT2D eigenvalue weighted by atomic mass is 9.98. The number of allylic oxidation sites excluding steroid dienone is 14. The highest BCUT2D eigenvalue weighted by atomic mass is 16.3. The molecule has 0 radical (unpaired) electrons. The second-order valence-corrected chi connectivity index (χ2v) is 14.8. The maximum absolute atomic E-state index is 6.37. The highest BCUT2D eigenvalue weighted by molar-refractivity contribution is 6.16. The Bertz CT molecular complexity index is 2910. The largest absolute Gasteiger partial charge is 0.456 e. The number of fused-ring (bicyclic) bond motifs is 4. The van der Waals surface area contributed by atoms with Crippen LogP contribution in [0.15, 0.2) is 230 Å². The molecule has 0 bridgehead atoms. The zero-order valence-electron chi connectivity index (χ0n) is 35.6. The van der Waals surface area contributed by atoms with E-state index in [0.717, 1.165) is 85.5 Å². The van der Waals surface area contributed by atoms with E-state index < -0.39 is 0 Å². The quantitative estimate of drug-likeness (QED) is 0.0856. The molecule has 7 rings (SSSR count). The van der Waals surface area contributed by atoms with E-state index in [4.69, 9.17) is 4.42 Å². The van der Waals surface area contributed by atoms with Gasteiger partial charge in [0, 0.05) is 39.7 Å². The minimum absolute atomic E-state index is 0.643. The summed E-state index contributed by atoms with van der Waals surface area (Å²) in [5, 5.41) is 3.50.